The van der Waals surface area contributed by atoms with Crippen LogP contribution in [0.4, 0.5) is 0 Å². The van der Waals surface area contributed by atoms with Gasteiger partial charge in [0.05, 0.1) is 6.61 Å². The molecule has 1 unspecified atom stereocenters. The monoisotopic (exact) mass is 761 g/mol. The van der Waals surface area contributed by atoms with Crippen LogP contribution in [0.2, 0.25) is 0 Å². The van der Waals surface area contributed by atoms with Crippen LogP contribution >= 0.6 is 0 Å². The summed E-state index contributed by atoms with van der Waals surface area (Å²) < 4.78 is 10.6. The molecule has 1 N–H and O–H groups in total. The molecule has 0 aromatic heterocycles. The second-order valence-corrected chi connectivity index (χ2v) is 16.2. The normalized spacial score (nSPS) is 12.3. The molecule has 5 nitrogen and oxygen atoms in total. The molecule has 1 atom stereocenters. The molecule has 0 saturated heterocycles. The van der Waals surface area contributed by atoms with E-state index < -0.39 is 6.10 Å². The summed E-state index contributed by atoms with van der Waals surface area (Å²) in [6.45, 7) is 4.14. The van der Waals surface area contributed by atoms with Crippen molar-refractivity contribution in [2.45, 2.75) is 264 Å². The van der Waals surface area contributed by atoms with Crippen LogP contribution in [0.25, 0.3) is 0 Å². The van der Waals surface area contributed by atoms with E-state index >= 15 is 0 Å². The summed E-state index contributed by atoms with van der Waals surface area (Å²) in [5, 5.41) is 9.59. The molecule has 0 aromatic carbocycles. The van der Waals surface area contributed by atoms with Crippen molar-refractivity contribution in [1.29, 1.82) is 0 Å². The smallest absolute Gasteiger partial charge is 0.306 e. The summed E-state index contributed by atoms with van der Waals surface area (Å²) in [6.07, 6.45) is 55.6. The SMILES string of the molecule is CCCCCC/C=C\CCCCCCCC(=O)OCC(CO)OC(=O)CCCCCCCCCCCCCCCCC/C=C\CCCCCCCCCC. The topological polar surface area (TPSA) is 72.8 Å². The first-order chi connectivity index (χ1) is 26.6. The quantitative estimate of drug-likeness (QED) is 0.0380. The third-order valence-electron chi connectivity index (χ3n) is 10.7. The molecular formula is C49H92O5. The molecule has 0 saturated carbocycles. The standard InChI is InChI=1S/C49H92O5/c1-3-5-7-9-11-13-15-17-18-19-20-21-22-23-24-25-26-27-28-29-30-32-34-36-38-40-42-44-49(52)54-47(45-50)46-53-48(51)43-41-39-37-35-33-31-16-14-12-10-8-6-4-2/h14,16,19-20,47,50H,3-13,15,17-18,21-46H2,1-2H3/b16-14-,20-19-. The molecular weight excluding hydrogens is 669 g/mol. The lowest BCUT2D eigenvalue weighted by molar-refractivity contribution is -0.161. The molecule has 0 fully saturated rings. The van der Waals surface area contributed by atoms with Crippen LogP contribution in [-0.4, -0.2) is 36.4 Å². The van der Waals surface area contributed by atoms with E-state index in [1.54, 1.807) is 0 Å². The number of hydrogen-bond donors (Lipinski definition) is 1. The lowest BCUT2D eigenvalue weighted by Crippen LogP contribution is -2.28. The van der Waals surface area contributed by atoms with Crippen LogP contribution in [0.3, 0.4) is 0 Å². The van der Waals surface area contributed by atoms with E-state index in [2.05, 4.69) is 38.2 Å². The molecule has 0 aliphatic heterocycles. The van der Waals surface area contributed by atoms with Crippen molar-refractivity contribution in [2.24, 2.45) is 0 Å². The van der Waals surface area contributed by atoms with E-state index in [9.17, 15) is 14.7 Å². The first kappa shape index (κ1) is 52.4. The van der Waals surface area contributed by atoms with Crippen LogP contribution in [0.1, 0.15) is 258 Å². The number of carbonyl (C=O) groups excluding carboxylic acids is 2. The molecule has 0 aliphatic carbocycles. The molecule has 5 heteroatoms. The Balaban J connectivity index is 3.44. The Morgan fingerprint density at radius 1 is 0.407 bits per heavy atom. The van der Waals surface area contributed by atoms with Gasteiger partial charge in [-0.3, -0.25) is 9.59 Å². The van der Waals surface area contributed by atoms with Gasteiger partial charge in [0.25, 0.3) is 0 Å². The number of hydrogen-bond acceptors (Lipinski definition) is 5. The van der Waals surface area contributed by atoms with Gasteiger partial charge in [-0.15, -0.1) is 0 Å². The summed E-state index contributed by atoms with van der Waals surface area (Å²) in [4.78, 5) is 24.3. The third kappa shape index (κ3) is 43.1. The van der Waals surface area contributed by atoms with E-state index in [1.807, 2.05) is 0 Å². The largest absolute Gasteiger partial charge is 0.462 e. The summed E-state index contributed by atoms with van der Waals surface area (Å²) in [6, 6.07) is 0. The van der Waals surface area contributed by atoms with E-state index in [0.29, 0.717) is 12.8 Å². The minimum atomic E-state index is -0.771. The number of carbonyl (C=O) groups is 2. The maximum Gasteiger partial charge on any atom is 0.306 e. The molecule has 0 bridgehead atoms. The first-order valence-corrected chi connectivity index (χ1v) is 23.9. The van der Waals surface area contributed by atoms with E-state index in [1.165, 1.54) is 186 Å². The van der Waals surface area contributed by atoms with Gasteiger partial charge < -0.3 is 14.6 Å². The zero-order valence-corrected chi connectivity index (χ0v) is 36.3. The Hall–Kier alpha value is -1.62. The number of aliphatic hydroxyl groups excluding tert-OH is 1. The van der Waals surface area contributed by atoms with Crippen LogP contribution in [0.5, 0.6) is 0 Å². The first-order valence-electron chi connectivity index (χ1n) is 23.9. The van der Waals surface area contributed by atoms with Crippen molar-refractivity contribution < 1.29 is 24.2 Å². The van der Waals surface area contributed by atoms with Crippen LogP contribution < -0.4 is 0 Å². The Morgan fingerprint density at radius 3 is 1.02 bits per heavy atom. The average molecular weight is 761 g/mol. The van der Waals surface area contributed by atoms with Gasteiger partial charge in [0.1, 0.15) is 6.61 Å². The van der Waals surface area contributed by atoms with Gasteiger partial charge in [-0.05, 0) is 64.2 Å². The lowest BCUT2D eigenvalue weighted by Gasteiger charge is -2.15. The lowest BCUT2D eigenvalue weighted by atomic mass is 10.0. The summed E-state index contributed by atoms with van der Waals surface area (Å²) >= 11 is 0. The zero-order chi connectivity index (χ0) is 39.3. The van der Waals surface area contributed by atoms with Crippen molar-refractivity contribution in [3.05, 3.63) is 24.3 Å². The molecule has 0 heterocycles. The minimum Gasteiger partial charge on any atom is -0.462 e. The van der Waals surface area contributed by atoms with Crippen LogP contribution in [0.15, 0.2) is 24.3 Å². The molecule has 0 aliphatic rings. The van der Waals surface area contributed by atoms with Gasteiger partial charge in [0.15, 0.2) is 6.10 Å². The van der Waals surface area contributed by atoms with Gasteiger partial charge in [0, 0.05) is 12.8 Å². The van der Waals surface area contributed by atoms with Crippen molar-refractivity contribution in [1.82, 2.24) is 0 Å². The Morgan fingerprint density at radius 2 is 0.685 bits per heavy atom. The molecule has 0 rings (SSSR count). The Bertz CT molecular complexity index is 821. The number of allylic oxidation sites excluding steroid dienone is 4. The highest BCUT2D eigenvalue weighted by Gasteiger charge is 2.16. The van der Waals surface area contributed by atoms with Crippen molar-refractivity contribution in [2.75, 3.05) is 13.2 Å². The van der Waals surface area contributed by atoms with E-state index in [-0.39, 0.29) is 25.2 Å². The fourth-order valence-corrected chi connectivity index (χ4v) is 7.07. The van der Waals surface area contributed by atoms with Crippen molar-refractivity contribution in [3.8, 4) is 0 Å². The summed E-state index contributed by atoms with van der Waals surface area (Å²) in [5.41, 5.74) is 0. The molecule has 0 aromatic rings. The van der Waals surface area contributed by atoms with Crippen molar-refractivity contribution >= 4 is 11.9 Å². The minimum absolute atomic E-state index is 0.0661. The highest BCUT2D eigenvalue weighted by atomic mass is 16.6. The van der Waals surface area contributed by atoms with Gasteiger partial charge >= 0.3 is 11.9 Å². The number of unbranched alkanes of at least 4 members (excludes halogenated alkanes) is 32. The van der Waals surface area contributed by atoms with Gasteiger partial charge in [-0.25, -0.2) is 0 Å². The number of aliphatic hydroxyl groups is 1. The number of esters is 2. The maximum atomic E-state index is 12.2. The molecule has 54 heavy (non-hydrogen) atoms. The average Bonchev–Trinajstić information content (AvgIpc) is 3.17. The van der Waals surface area contributed by atoms with Gasteiger partial charge in [-0.1, -0.05) is 205 Å². The highest BCUT2D eigenvalue weighted by Crippen LogP contribution is 2.16. The molecule has 318 valence electrons. The summed E-state index contributed by atoms with van der Waals surface area (Å²) in [5.74, 6) is -0.590. The van der Waals surface area contributed by atoms with Gasteiger partial charge in [-0.2, -0.15) is 0 Å². The fraction of sp³-hybridized carbons (Fsp3) is 0.878. The molecule has 0 amide bonds. The zero-order valence-electron chi connectivity index (χ0n) is 36.3. The number of rotatable bonds is 44. The Kier molecular flexibility index (Phi) is 44.4. The predicted octanol–water partition coefficient (Wildman–Crippen LogP) is 15.4. The second-order valence-electron chi connectivity index (χ2n) is 16.2. The fourth-order valence-electron chi connectivity index (χ4n) is 7.07. The second kappa shape index (κ2) is 45.8. The Labute approximate surface area is 336 Å². The molecule has 0 radical (unpaired) electrons. The number of ether oxygens (including phenoxy) is 2. The highest BCUT2D eigenvalue weighted by molar-refractivity contribution is 5.70. The molecule has 0 spiro atoms. The maximum absolute atomic E-state index is 12.2. The van der Waals surface area contributed by atoms with Gasteiger partial charge in [0.2, 0.25) is 0 Å². The predicted molar refractivity (Wildman–Crippen MR) is 233 cm³/mol. The van der Waals surface area contributed by atoms with Crippen LogP contribution in [0, 0.1) is 0 Å². The van der Waals surface area contributed by atoms with Crippen LogP contribution in [-0.2, 0) is 19.1 Å². The van der Waals surface area contributed by atoms with E-state index in [4.69, 9.17) is 9.47 Å². The van der Waals surface area contributed by atoms with Crippen molar-refractivity contribution in [3.63, 3.8) is 0 Å². The van der Waals surface area contributed by atoms with E-state index in [0.717, 1.165) is 44.9 Å². The summed E-state index contributed by atoms with van der Waals surface area (Å²) in [7, 11) is 0. The third-order valence-corrected chi connectivity index (χ3v) is 10.7.